The van der Waals surface area contributed by atoms with Gasteiger partial charge in [0.1, 0.15) is 5.75 Å². The van der Waals surface area contributed by atoms with E-state index in [0.717, 1.165) is 11.4 Å². The van der Waals surface area contributed by atoms with Gasteiger partial charge in [0, 0.05) is 18.4 Å². The maximum Gasteiger partial charge on any atom is 0.253 e. The third kappa shape index (κ3) is 3.66. The van der Waals surface area contributed by atoms with Gasteiger partial charge in [-0.25, -0.2) is 0 Å². The molecule has 0 aliphatic rings. The highest BCUT2D eigenvalue weighted by Gasteiger charge is 2.10. The van der Waals surface area contributed by atoms with Crippen molar-refractivity contribution >= 4 is 23.0 Å². The molecule has 0 saturated heterocycles. The molecule has 0 bridgehead atoms. The summed E-state index contributed by atoms with van der Waals surface area (Å²) >= 11 is 0. The Labute approximate surface area is 124 Å². The number of hydrogen-bond acceptors (Lipinski definition) is 4. The standard InChI is InChI=1S/C16H19N3O2/c1-3-21-13-7-5-12(6-8-13)19-15-10-11(17)4-9-14(15)16(20)18-2/h4-10,19H,3,17H2,1-2H3,(H,18,20). The van der Waals surface area contributed by atoms with Crippen molar-refractivity contribution in [1.29, 1.82) is 0 Å². The molecule has 0 radical (unpaired) electrons. The molecule has 110 valence electrons. The molecule has 2 rings (SSSR count). The molecular formula is C16H19N3O2. The topological polar surface area (TPSA) is 76.4 Å². The minimum Gasteiger partial charge on any atom is -0.494 e. The molecule has 5 nitrogen and oxygen atoms in total. The van der Waals surface area contributed by atoms with E-state index in [1.807, 2.05) is 31.2 Å². The minimum absolute atomic E-state index is 0.163. The number of carbonyl (C=O) groups excluding carboxylic acids is 1. The maximum absolute atomic E-state index is 11.9. The average molecular weight is 285 g/mol. The number of carbonyl (C=O) groups is 1. The lowest BCUT2D eigenvalue weighted by Crippen LogP contribution is -2.19. The van der Waals surface area contributed by atoms with Gasteiger partial charge < -0.3 is 21.1 Å². The summed E-state index contributed by atoms with van der Waals surface area (Å²) in [5, 5.41) is 5.81. The van der Waals surface area contributed by atoms with Gasteiger partial charge in [0.05, 0.1) is 17.9 Å². The average Bonchev–Trinajstić information content (AvgIpc) is 2.49. The second kappa shape index (κ2) is 6.65. The van der Waals surface area contributed by atoms with Gasteiger partial charge in [-0.1, -0.05) is 0 Å². The van der Waals surface area contributed by atoms with Gasteiger partial charge in [0.15, 0.2) is 0 Å². The SMILES string of the molecule is CCOc1ccc(Nc2cc(N)ccc2C(=O)NC)cc1. The molecule has 2 aromatic carbocycles. The fraction of sp³-hybridized carbons (Fsp3) is 0.188. The van der Waals surface area contributed by atoms with Crippen molar-refractivity contribution in [2.45, 2.75) is 6.92 Å². The Kier molecular flexibility index (Phi) is 4.66. The van der Waals surface area contributed by atoms with Crippen molar-refractivity contribution in [2.24, 2.45) is 0 Å². The molecule has 4 N–H and O–H groups in total. The van der Waals surface area contributed by atoms with E-state index in [9.17, 15) is 4.79 Å². The quantitative estimate of drug-likeness (QED) is 0.738. The summed E-state index contributed by atoms with van der Waals surface area (Å²) in [5.74, 6) is 0.644. The third-order valence-electron chi connectivity index (χ3n) is 2.96. The zero-order chi connectivity index (χ0) is 15.2. The second-order valence-corrected chi connectivity index (χ2v) is 4.47. The van der Waals surface area contributed by atoms with Crippen LogP contribution in [0.25, 0.3) is 0 Å². The Morgan fingerprint density at radius 1 is 1.19 bits per heavy atom. The molecule has 21 heavy (non-hydrogen) atoms. The van der Waals surface area contributed by atoms with E-state index in [2.05, 4.69) is 10.6 Å². The lowest BCUT2D eigenvalue weighted by atomic mass is 10.1. The number of amides is 1. The van der Waals surface area contributed by atoms with E-state index in [0.29, 0.717) is 23.5 Å². The van der Waals surface area contributed by atoms with Crippen LogP contribution >= 0.6 is 0 Å². The molecule has 0 unspecified atom stereocenters. The van der Waals surface area contributed by atoms with Crippen LogP contribution in [0.1, 0.15) is 17.3 Å². The van der Waals surface area contributed by atoms with Crippen LogP contribution in [0.5, 0.6) is 5.75 Å². The van der Waals surface area contributed by atoms with Gasteiger partial charge in [-0.05, 0) is 49.4 Å². The number of hydrogen-bond donors (Lipinski definition) is 3. The summed E-state index contributed by atoms with van der Waals surface area (Å²) in [6.07, 6.45) is 0. The monoisotopic (exact) mass is 285 g/mol. The van der Waals surface area contributed by atoms with E-state index < -0.39 is 0 Å². The van der Waals surface area contributed by atoms with Gasteiger partial charge in [-0.2, -0.15) is 0 Å². The zero-order valence-electron chi connectivity index (χ0n) is 12.1. The number of nitrogens with one attached hydrogen (secondary N) is 2. The molecule has 0 heterocycles. The summed E-state index contributed by atoms with van der Waals surface area (Å²) in [6, 6.07) is 12.7. The van der Waals surface area contributed by atoms with Crippen LogP contribution < -0.4 is 21.1 Å². The first-order chi connectivity index (χ1) is 10.1. The molecule has 0 atom stereocenters. The van der Waals surface area contributed by atoms with Crippen molar-refractivity contribution in [2.75, 3.05) is 24.7 Å². The summed E-state index contributed by atoms with van der Waals surface area (Å²) in [6.45, 7) is 2.57. The summed E-state index contributed by atoms with van der Waals surface area (Å²) in [4.78, 5) is 11.9. The smallest absolute Gasteiger partial charge is 0.253 e. The van der Waals surface area contributed by atoms with E-state index in [1.54, 1.807) is 25.2 Å². The minimum atomic E-state index is -0.163. The molecule has 2 aromatic rings. The number of ether oxygens (including phenoxy) is 1. The molecule has 5 heteroatoms. The van der Waals surface area contributed by atoms with Crippen molar-refractivity contribution < 1.29 is 9.53 Å². The number of rotatable bonds is 5. The molecule has 0 saturated carbocycles. The Morgan fingerprint density at radius 3 is 2.52 bits per heavy atom. The largest absolute Gasteiger partial charge is 0.494 e. The highest BCUT2D eigenvalue weighted by Crippen LogP contribution is 2.25. The normalized spacial score (nSPS) is 10.0. The molecular weight excluding hydrogens is 266 g/mol. The van der Waals surface area contributed by atoms with Crippen molar-refractivity contribution in [3.8, 4) is 5.75 Å². The van der Waals surface area contributed by atoms with Crippen LogP contribution in [0.15, 0.2) is 42.5 Å². The lowest BCUT2D eigenvalue weighted by molar-refractivity contribution is 0.0964. The van der Waals surface area contributed by atoms with Gasteiger partial charge in [-0.3, -0.25) is 4.79 Å². The van der Waals surface area contributed by atoms with Gasteiger partial charge >= 0.3 is 0 Å². The highest BCUT2D eigenvalue weighted by molar-refractivity contribution is 6.00. The first-order valence-corrected chi connectivity index (χ1v) is 6.75. The Balaban J connectivity index is 2.25. The van der Waals surface area contributed by atoms with Crippen molar-refractivity contribution in [3.63, 3.8) is 0 Å². The molecule has 0 spiro atoms. The fourth-order valence-corrected chi connectivity index (χ4v) is 1.95. The van der Waals surface area contributed by atoms with Crippen LogP contribution in [0, 0.1) is 0 Å². The zero-order valence-corrected chi connectivity index (χ0v) is 12.1. The van der Waals surface area contributed by atoms with Gasteiger partial charge in [-0.15, -0.1) is 0 Å². The molecule has 0 aliphatic carbocycles. The Hall–Kier alpha value is -2.69. The molecule has 0 aromatic heterocycles. The van der Waals surface area contributed by atoms with E-state index in [4.69, 9.17) is 10.5 Å². The number of anilines is 3. The van der Waals surface area contributed by atoms with Crippen LogP contribution in [-0.4, -0.2) is 19.6 Å². The fourth-order valence-electron chi connectivity index (χ4n) is 1.95. The predicted molar refractivity (Wildman–Crippen MR) is 85.1 cm³/mol. The summed E-state index contributed by atoms with van der Waals surface area (Å²) in [7, 11) is 1.60. The molecule has 0 aliphatic heterocycles. The summed E-state index contributed by atoms with van der Waals surface area (Å²) in [5.41, 5.74) is 8.45. The second-order valence-electron chi connectivity index (χ2n) is 4.47. The van der Waals surface area contributed by atoms with Crippen molar-refractivity contribution in [1.82, 2.24) is 5.32 Å². The maximum atomic E-state index is 11.9. The first kappa shape index (κ1) is 14.7. The molecule has 0 fully saturated rings. The molecule has 1 amide bonds. The predicted octanol–water partition coefficient (Wildman–Crippen LogP) is 2.77. The lowest BCUT2D eigenvalue weighted by Gasteiger charge is -2.12. The van der Waals surface area contributed by atoms with Crippen LogP contribution in [-0.2, 0) is 0 Å². The Bertz CT molecular complexity index is 624. The van der Waals surface area contributed by atoms with Gasteiger partial charge in [0.25, 0.3) is 5.91 Å². The summed E-state index contributed by atoms with van der Waals surface area (Å²) < 4.78 is 5.40. The Morgan fingerprint density at radius 2 is 1.90 bits per heavy atom. The third-order valence-corrected chi connectivity index (χ3v) is 2.96. The van der Waals surface area contributed by atoms with Crippen LogP contribution in [0.3, 0.4) is 0 Å². The highest BCUT2D eigenvalue weighted by atomic mass is 16.5. The number of nitrogens with two attached hydrogens (primary N) is 1. The van der Waals surface area contributed by atoms with Crippen molar-refractivity contribution in [3.05, 3.63) is 48.0 Å². The van der Waals surface area contributed by atoms with Crippen LogP contribution in [0.2, 0.25) is 0 Å². The van der Waals surface area contributed by atoms with Gasteiger partial charge in [0.2, 0.25) is 0 Å². The first-order valence-electron chi connectivity index (χ1n) is 6.75. The van der Waals surface area contributed by atoms with E-state index in [1.165, 1.54) is 0 Å². The van der Waals surface area contributed by atoms with E-state index >= 15 is 0 Å². The number of nitrogen functional groups attached to an aromatic ring is 1. The van der Waals surface area contributed by atoms with Crippen LogP contribution in [0.4, 0.5) is 17.1 Å². The number of benzene rings is 2. The van der Waals surface area contributed by atoms with E-state index in [-0.39, 0.29) is 5.91 Å².